The molecule has 0 aliphatic heterocycles. The van der Waals surface area contributed by atoms with Gasteiger partial charge >= 0.3 is 0 Å². The number of amides is 1. The summed E-state index contributed by atoms with van der Waals surface area (Å²) in [7, 11) is 1.68. The van der Waals surface area contributed by atoms with Crippen LogP contribution in [0.1, 0.15) is 40.6 Å². The van der Waals surface area contributed by atoms with Crippen molar-refractivity contribution >= 4 is 28.8 Å². The molecule has 0 atom stereocenters. The average Bonchev–Trinajstić information content (AvgIpc) is 3.57. The van der Waals surface area contributed by atoms with E-state index in [0.29, 0.717) is 28.9 Å². The summed E-state index contributed by atoms with van der Waals surface area (Å²) < 4.78 is 7.38. The van der Waals surface area contributed by atoms with Gasteiger partial charge in [0.05, 0.1) is 34.4 Å². The third-order valence-corrected chi connectivity index (χ3v) is 5.49. The van der Waals surface area contributed by atoms with Gasteiger partial charge in [-0.3, -0.25) is 19.2 Å². The molecule has 1 fully saturated rings. The van der Waals surface area contributed by atoms with E-state index in [1.54, 1.807) is 31.6 Å². The first-order valence-electron chi connectivity index (χ1n) is 10.0. The van der Waals surface area contributed by atoms with Crippen LogP contribution in [0.5, 0.6) is 0 Å². The lowest BCUT2D eigenvalue weighted by atomic mass is 10.2. The van der Waals surface area contributed by atoms with Crippen LogP contribution in [-0.4, -0.2) is 32.4 Å². The molecule has 1 aliphatic carbocycles. The van der Waals surface area contributed by atoms with Gasteiger partial charge in [-0.1, -0.05) is 11.6 Å². The summed E-state index contributed by atoms with van der Waals surface area (Å²) in [5.74, 6) is 0.228. The molecular formula is C23H20ClN5O2. The van der Waals surface area contributed by atoms with Crippen LogP contribution in [0.15, 0.2) is 55.0 Å². The minimum atomic E-state index is -0.286. The predicted octanol–water partition coefficient (Wildman–Crippen LogP) is 4.72. The number of hydrogen-bond donors (Lipinski definition) is 1. The van der Waals surface area contributed by atoms with Crippen molar-refractivity contribution in [2.75, 3.05) is 12.4 Å². The summed E-state index contributed by atoms with van der Waals surface area (Å²) in [6.07, 6.45) is 7.42. The molecular weight excluding hydrogens is 414 g/mol. The molecule has 7 nitrogen and oxygen atoms in total. The summed E-state index contributed by atoms with van der Waals surface area (Å²) in [6.45, 7) is 0.478. The van der Waals surface area contributed by atoms with Crippen molar-refractivity contribution in [3.63, 3.8) is 0 Å². The lowest BCUT2D eigenvalue weighted by molar-refractivity contribution is 0.102. The SMILES string of the molecule is COCc1c(C2CC2)nc2ccc(NC(=O)c3ccc(-c4ccc(Cl)cn4)cn3)cn12. The molecule has 8 heteroatoms. The number of anilines is 1. The van der Waals surface area contributed by atoms with Gasteiger partial charge in [0, 0.05) is 37.2 Å². The molecule has 0 spiro atoms. The molecule has 0 saturated heterocycles. The number of rotatable bonds is 6. The fourth-order valence-electron chi connectivity index (χ4n) is 3.57. The molecule has 0 bridgehead atoms. The van der Waals surface area contributed by atoms with Crippen LogP contribution < -0.4 is 5.32 Å². The number of methoxy groups -OCH3 is 1. The van der Waals surface area contributed by atoms with Crippen LogP contribution in [0, 0.1) is 0 Å². The molecule has 5 rings (SSSR count). The predicted molar refractivity (Wildman–Crippen MR) is 118 cm³/mol. The highest BCUT2D eigenvalue weighted by Crippen LogP contribution is 2.41. The lowest BCUT2D eigenvalue weighted by Crippen LogP contribution is -2.14. The second-order valence-corrected chi connectivity index (χ2v) is 7.98. The number of carbonyl (C=O) groups excluding carboxylic acids is 1. The quantitative estimate of drug-likeness (QED) is 0.475. The first-order valence-corrected chi connectivity index (χ1v) is 10.4. The number of fused-ring (bicyclic) bond motifs is 1. The van der Waals surface area contributed by atoms with E-state index in [-0.39, 0.29) is 5.91 Å². The number of nitrogens with one attached hydrogen (secondary N) is 1. The van der Waals surface area contributed by atoms with Crippen molar-refractivity contribution in [3.05, 3.63) is 77.1 Å². The minimum absolute atomic E-state index is 0.286. The number of hydrogen-bond acceptors (Lipinski definition) is 5. The molecule has 31 heavy (non-hydrogen) atoms. The number of halogens is 1. The number of carbonyl (C=O) groups is 1. The highest BCUT2D eigenvalue weighted by Gasteiger charge is 2.30. The lowest BCUT2D eigenvalue weighted by Gasteiger charge is -2.08. The van der Waals surface area contributed by atoms with Crippen molar-refractivity contribution in [3.8, 4) is 11.3 Å². The number of pyridine rings is 3. The van der Waals surface area contributed by atoms with Crippen LogP contribution in [0.2, 0.25) is 5.02 Å². The average molecular weight is 434 g/mol. The fraction of sp³-hybridized carbons (Fsp3) is 0.217. The molecule has 0 aromatic carbocycles. The Morgan fingerprint density at radius 3 is 2.71 bits per heavy atom. The van der Waals surface area contributed by atoms with Gasteiger partial charge in [0.2, 0.25) is 0 Å². The maximum absolute atomic E-state index is 12.7. The molecule has 156 valence electrons. The van der Waals surface area contributed by atoms with E-state index in [2.05, 4.69) is 15.3 Å². The molecule has 0 radical (unpaired) electrons. The molecule has 0 unspecified atom stereocenters. The Hall–Kier alpha value is -3.29. The molecule has 4 aromatic rings. The monoisotopic (exact) mass is 433 g/mol. The van der Waals surface area contributed by atoms with Crippen molar-refractivity contribution in [2.45, 2.75) is 25.4 Å². The van der Waals surface area contributed by atoms with Crippen molar-refractivity contribution < 1.29 is 9.53 Å². The van der Waals surface area contributed by atoms with Crippen LogP contribution in [-0.2, 0) is 11.3 Å². The molecule has 4 aromatic heterocycles. The first-order chi connectivity index (χ1) is 15.1. The molecule has 1 saturated carbocycles. The van der Waals surface area contributed by atoms with Crippen LogP contribution in [0.4, 0.5) is 5.69 Å². The largest absolute Gasteiger partial charge is 0.378 e. The Morgan fingerprint density at radius 2 is 2.03 bits per heavy atom. The van der Waals surface area contributed by atoms with Crippen LogP contribution in [0.25, 0.3) is 16.9 Å². The second kappa shape index (κ2) is 8.09. The molecule has 4 heterocycles. The summed E-state index contributed by atoms with van der Waals surface area (Å²) in [5, 5.41) is 3.49. The van der Waals surface area contributed by atoms with E-state index in [4.69, 9.17) is 21.3 Å². The summed E-state index contributed by atoms with van der Waals surface area (Å²) in [5.41, 5.74) is 5.52. The second-order valence-electron chi connectivity index (χ2n) is 7.54. The summed E-state index contributed by atoms with van der Waals surface area (Å²) in [4.78, 5) is 26.0. The summed E-state index contributed by atoms with van der Waals surface area (Å²) >= 11 is 5.88. The Bertz CT molecular complexity index is 1250. The Morgan fingerprint density at radius 1 is 1.16 bits per heavy atom. The zero-order valence-electron chi connectivity index (χ0n) is 16.9. The van der Waals surface area contributed by atoms with E-state index in [0.717, 1.165) is 41.1 Å². The Kier molecular flexibility index (Phi) is 5.13. The standard InChI is InChI=1S/C23H20ClN5O2/c1-31-13-20-22(14-2-3-14)28-21-9-6-17(12-29(20)21)27-23(30)19-7-4-15(10-25-19)18-8-5-16(24)11-26-18/h4-12,14H,2-3,13H2,1H3,(H,27,30). The maximum Gasteiger partial charge on any atom is 0.274 e. The topological polar surface area (TPSA) is 81.4 Å². The third kappa shape index (κ3) is 4.02. The van der Waals surface area contributed by atoms with Crippen LogP contribution in [0.3, 0.4) is 0 Å². The third-order valence-electron chi connectivity index (χ3n) is 5.27. The highest BCUT2D eigenvalue weighted by atomic mass is 35.5. The van der Waals surface area contributed by atoms with Gasteiger partial charge in [-0.2, -0.15) is 0 Å². The van der Waals surface area contributed by atoms with Gasteiger partial charge in [-0.05, 0) is 49.2 Å². The first kappa shape index (κ1) is 19.7. The molecule has 1 amide bonds. The maximum atomic E-state index is 12.7. The minimum Gasteiger partial charge on any atom is -0.378 e. The zero-order chi connectivity index (χ0) is 21.4. The van der Waals surface area contributed by atoms with E-state index >= 15 is 0 Å². The van der Waals surface area contributed by atoms with Gasteiger partial charge < -0.3 is 10.1 Å². The van der Waals surface area contributed by atoms with Crippen molar-refractivity contribution in [1.82, 2.24) is 19.4 Å². The van der Waals surface area contributed by atoms with E-state index < -0.39 is 0 Å². The van der Waals surface area contributed by atoms with E-state index in [1.807, 2.05) is 34.9 Å². The van der Waals surface area contributed by atoms with E-state index in [9.17, 15) is 4.79 Å². The Labute approximate surface area is 184 Å². The van der Waals surface area contributed by atoms with Crippen molar-refractivity contribution in [1.29, 1.82) is 0 Å². The molecule has 1 aliphatic rings. The van der Waals surface area contributed by atoms with Crippen molar-refractivity contribution in [2.24, 2.45) is 0 Å². The van der Waals surface area contributed by atoms with Gasteiger partial charge in [0.1, 0.15) is 11.3 Å². The van der Waals surface area contributed by atoms with Gasteiger partial charge in [0.15, 0.2) is 0 Å². The normalized spacial score (nSPS) is 13.5. The van der Waals surface area contributed by atoms with Gasteiger partial charge in [-0.25, -0.2) is 4.98 Å². The number of imidazole rings is 1. The Balaban J connectivity index is 1.37. The zero-order valence-corrected chi connectivity index (χ0v) is 17.6. The summed E-state index contributed by atoms with van der Waals surface area (Å²) in [6, 6.07) is 10.8. The van der Waals surface area contributed by atoms with E-state index in [1.165, 1.54) is 0 Å². The van der Waals surface area contributed by atoms with Crippen LogP contribution >= 0.6 is 11.6 Å². The number of ether oxygens (including phenoxy) is 1. The van der Waals surface area contributed by atoms with Gasteiger partial charge in [0.25, 0.3) is 5.91 Å². The number of nitrogens with zero attached hydrogens (tertiary/aromatic N) is 4. The smallest absolute Gasteiger partial charge is 0.274 e. The van der Waals surface area contributed by atoms with Gasteiger partial charge in [-0.15, -0.1) is 0 Å². The fourth-order valence-corrected chi connectivity index (χ4v) is 3.68. The highest BCUT2D eigenvalue weighted by molar-refractivity contribution is 6.30. The number of aromatic nitrogens is 4. The molecule has 1 N–H and O–H groups in total.